The van der Waals surface area contributed by atoms with Gasteiger partial charge in [0.15, 0.2) is 0 Å². The van der Waals surface area contributed by atoms with Crippen LogP contribution in [-0.4, -0.2) is 18.7 Å². The van der Waals surface area contributed by atoms with Crippen molar-refractivity contribution in [3.8, 4) is 0 Å². The molecule has 0 spiro atoms. The van der Waals surface area contributed by atoms with Gasteiger partial charge >= 0.3 is 0 Å². The van der Waals surface area contributed by atoms with Crippen molar-refractivity contribution < 1.29 is 14.3 Å². The molecule has 0 radical (unpaired) electrons. The van der Waals surface area contributed by atoms with Crippen LogP contribution in [0, 0.1) is 16.7 Å². The number of carbonyl (C=O) groups excluding carboxylic acids is 1. The molecule has 21 heavy (non-hydrogen) atoms. The minimum absolute atomic E-state index is 0.0170. The second kappa shape index (κ2) is 5.13. The lowest BCUT2D eigenvalue weighted by Crippen LogP contribution is -2.42. The van der Waals surface area contributed by atoms with Crippen molar-refractivity contribution in [3.05, 3.63) is 35.9 Å². The van der Waals surface area contributed by atoms with Crippen LogP contribution in [0.2, 0.25) is 0 Å². The second-order valence-electron chi connectivity index (χ2n) is 7.20. The molecule has 3 rings (SSSR count). The van der Waals surface area contributed by atoms with Gasteiger partial charge < -0.3 is 9.47 Å². The summed E-state index contributed by atoms with van der Waals surface area (Å²) in [6.07, 6.45) is 2.13. The van der Waals surface area contributed by atoms with Crippen LogP contribution in [-0.2, 0) is 20.9 Å². The molecule has 3 nitrogen and oxygen atoms in total. The van der Waals surface area contributed by atoms with Gasteiger partial charge in [-0.2, -0.15) is 0 Å². The smallest absolute Gasteiger partial charge is 0.293 e. The van der Waals surface area contributed by atoms with Gasteiger partial charge in [-0.3, -0.25) is 4.79 Å². The summed E-state index contributed by atoms with van der Waals surface area (Å²) in [5, 5.41) is 0. The van der Waals surface area contributed by atoms with E-state index in [0.717, 1.165) is 18.4 Å². The molecule has 2 saturated carbocycles. The van der Waals surface area contributed by atoms with Gasteiger partial charge in [0, 0.05) is 11.3 Å². The minimum Gasteiger partial charge on any atom is -0.461 e. The van der Waals surface area contributed by atoms with Crippen molar-refractivity contribution in [2.24, 2.45) is 16.7 Å². The van der Waals surface area contributed by atoms with E-state index in [1.54, 1.807) is 0 Å². The Morgan fingerprint density at radius 2 is 1.95 bits per heavy atom. The Hall–Kier alpha value is -1.35. The van der Waals surface area contributed by atoms with Crippen LogP contribution in [0.5, 0.6) is 0 Å². The van der Waals surface area contributed by atoms with Crippen LogP contribution >= 0.6 is 0 Å². The van der Waals surface area contributed by atoms with Crippen molar-refractivity contribution >= 4 is 6.47 Å². The van der Waals surface area contributed by atoms with E-state index < -0.39 is 0 Å². The molecule has 3 heteroatoms. The van der Waals surface area contributed by atoms with E-state index in [0.29, 0.717) is 19.0 Å². The zero-order valence-corrected chi connectivity index (χ0v) is 13.0. The standard InChI is InChI=1S/C18H24O3/c1-17(2)14-9-10-18(17,3)16(15(14)21-12-19)20-11-13-7-5-4-6-8-13/h4-8,12,14-16H,9-11H2,1-3H3/t14-,15+,16+,18+/m1/s1. The molecule has 0 unspecified atom stereocenters. The van der Waals surface area contributed by atoms with Crippen LogP contribution in [0.4, 0.5) is 0 Å². The third-order valence-electron chi connectivity index (χ3n) is 6.18. The number of carbonyl (C=O) groups is 1. The summed E-state index contributed by atoms with van der Waals surface area (Å²) in [6.45, 7) is 8.03. The fourth-order valence-electron chi connectivity index (χ4n) is 4.49. The molecule has 2 bridgehead atoms. The maximum absolute atomic E-state index is 10.9. The third kappa shape index (κ3) is 2.10. The fraction of sp³-hybridized carbons (Fsp3) is 0.611. The molecule has 1 aromatic rings. The van der Waals surface area contributed by atoms with Crippen molar-refractivity contribution in [1.82, 2.24) is 0 Å². The van der Waals surface area contributed by atoms with Crippen LogP contribution in [0.15, 0.2) is 30.3 Å². The van der Waals surface area contributed by atoms with Crippen molar-refractivity contribution in [2.45, 2.75) is 52.4 Å². The average molecular weight is 288 g/mol. The van der Waals surface area contributed by atoms with Gasteiger partial charge in [-0.15, -0.1) is 0 Å². The fourth-order valence-corrected chi connectivity index (χ4v) is 4.49. The molecule has 0 heterocycles. The Labute approximate surface area is 126 Å². The monoisotopic (exact) mass is 288 g/mol. The number of fused-ring (bicyclic) bond motifs is 2. The van der Waals surface area contributed by atoms with Gasteiger partial charge in [0.2, 0.25) is 0 Å². The number of rotatable bonds is 5. The maximum atomic E-state index is 10.9. The molecule has 0 amide bonds. The molecule has 0 saturated heterocycles. The molecule has 1 aromatic carbocycles. The Bertz CT molecular complexity index is 510. The van der Waals surface area contributed by atoms with Gasteiger partial charge in [0.25, 0.3) is 6.47 Å². The van der Waals surface area contributed by atoms with E-state index in [1.165, 1.54) is 0 Å². The second-order valence-corrected chi connectivity index (χ2v) is 7.20. The predicted molar refractivity (Wildman–Crippen MR) is 80.6 cm³/mol. The first-order chi connectivity index (χ1) is 10.0. The van der Waals surface area contributed by atoms with Gasteiger partial charge in [-0.25, -0.2) is 0 Å². The zero-order valence-electron chi connectivity index (χ0n) is 13.0. The molecule has 114 valence electrons. The summed E-state index contributed by atoms with van der Waals surface area (Å²) in [4.78, 5) is 10.9. The minimum atomic E-state index is -0.111. The first-order valence-corrected chi connectivity index (χ1v) is 7.75. The predicted octanol–water partition coefficient (Wildman–Crippen LogP) is 3.57. The van der Waals surface area contributed by atoms with Crippen LogP contribution in [0.25, 0.3) is 0 Å². The van der Waals surface area contributed by atoms with E-state index in [9.17, 15) is 4.79 Å². The first kappa shape index (κ1) is 14.6. The van der Waals surface area contributed by atoms with Crippen LogP contribution < -0.4 is 0 Å². The number of ether oxygens (including phenoxy) is 2. The Morgan fingerprint density at radius 1 is 1.24 bits per heavy atom. The van der Waals surface area contributed by atoms with Gasteiger partial charge in [0.1, 0.15) is 12.2 Å². The van der Waals surface area contributed by atoms with Gasteiger partial charge in [-0.1, -0.05) is 51.1 Å². The topological polar surface area (TPSA) is 35.5 Å². The van der Waals surface area contributed by atoms with E-state index in [1.807, 2.05) is 18.2 Å². The molecule has 0 N–H and O–H groups in total. The van der Waals surface area contributed by atoms with Gasteiger partial charge in [-0.05, 0) is 23.8 Å². The van der Waals surface area contributed by atoms with E-state index in [4.69, 9.17) is 9.47 Å². The Morgan fingerprint density at radius 3 is 2.62 bits per heavy atom. The average Bonchev–Trinajstić information content (AvgIpc) is 2.78. The van der Waals surface area contributed by atoms with Crippen molar-refractivity contribution in [1.29, 1.82) is 0 Å². The lowest BCUT2D eigenvalue weighted by atomic mass is 9.70. The van der Waals surface area contributed by atoms with E-state index in [2.05, 4.69) is 32.9 Å². The lowest BCUT2D eigenvalue weighted by Gasteiger charge is -2.39. The summed E-state index contributed by atoms with van der Waals surface area (Å²) in [5.41, 5.74) is 1.37. The van der Waals surface area contributed by atoms with Crippen molar-refractivity contribution in [2.75, 3.05) is 0 Å². The molecule has 0 aromatic heterocycles. The highest BCUT2D eigenvalue weighted by molar-refractivity contribution is 5.38. The third-order valence-corrected chi connectivity index (χ3v) is 6.18. The molecule has 2 aliphatic rings. The summed E-state index contributed by atoms with van der Waals surface area (Å²) >= 11 is 0. The summed E-state index contributed by atoms with van der Waals surface area (Å²) in [5.74, 6) is 0.397. The molecular weight excluding hydrogens is 264 g/mol. The summed E-state index contributed by atoms with van der Waals surface area (Å²) < 4.78 is 11.7. The largest absolute Gasteiger partial charge is 0.461 e. The maximum Gasteiger partial charge on any atom is 0.293 e. The highest BCUT2D eigenvalue weighted by atomic mass is 16.6. The number of benzene rings is 1. The normalized spacial score (nSPS) is 36.6. The zero-order chi connectivity index (χ0) is 15.1. The van der Waals surface area contributed by atoms with Crippen molar-refractivity contribution in [3.63, 3.8) is 0 Å². The molecular formula is C18H24O3. The molecule has 2 fully saturated rings. The first-order valence-electron chi connectivity index (χ1n) is 7.75. The lowest BCUT2D eigenvalue weighted by molar-refractivity contribution is -0.153. The highest BCUT2D eigenvalue weighted by Crippen LogP contribution is 2.66. The van der Waals surface area contributed by atoms with Crippen LogP contribution in [0.1, 0.15) is 39.2 Å². The number of hydrogen-bond acceptors (Lipinski definition) is 3. The Balaban J connectivity index is 1.80. The van der Waals surface area contributed by atoms with Crippen LogP contribution in [0.3, 0.4) is 0 Å². The SMILES string of the molecule is CC1(C)[C@@H]2CC[C@@]1(C)[C@@H](OCc1ccccc1)[C@H]2OC=O. The molecule has 4 atom stereocenters. The Kier molecular flexibility index (Phi) is 3.56. The van der Waals surface area contributed by atoms with E-state index in [-0.39, 0.29) is 23.0 Å². The summed E-state index contributed by atoms with van der Waals surface area (Å²) in [6, 6.07) is 10.2. The molecule has 2 aliphatic carbocycles. The van der Waals surface area contributed by atoms with Gasteiger partial charge in [0.05, 0.1) is 6.61 Å². The summed E-state index contributed by atoms with van der Waals surface area (Å²) in [7, 11) is 0. The quantitative estimate of drug-likeness (QED) is 0.777. The highest BCUT2D eigenvalue weighted by Gasteiger charge is 2.67. The van der Waals surface area contributed by atoms with E-state index >= 15 is 0 Å². The molecule has 0 aliphatic heterocycles. The number of hydrogen-bond donors (Lipinski definition) is 0.